The van der Waals surface area contributed by atoms with Gasteiger partial charge in [-0.2, -0.15) is 0 Å². The summed E-state index contributed by atoms with van der Waals surface area (Å²) >= 11 is 0. The van der Waals surface area contributed by atoms with Gasteiger partial charge in [-0.15, -0.1) is 0 Å². The Morgan fingerprint density at radius 3 is 2.50 bits per heavy atom. The number of anilines is 1. The Morgan fingerprint density at radius 1 is 1.27 bits per heavy atom. The molecule has 2 bridgehead atoms. The van der Waals surface area contributed by atoms with Crippen LogP contribution in [0.25, 0.3) is 0 Å². The highest BCUT2D eigenvalue weighted by atomic mass is 16.5. The largest absolute Gasteiger partial charge is 0.465 e. The first-order valence-corrected chi connectivity index (χ1v) is 9.47. The van der Waals surface area contributed by atoms with Gasteiger partial charge in [-0.05, 0) is 36.5 Å². The molecule has 1 fully saturated rings. The Bertz CT molecular complexity index is 694. The number of allylic oxidation sites excluding steroid dienone is 1. The first-order valence-electron chi connectivity index (χ1n) is 9.47. The van der Waals surface area contributed by atoms with Crippen molar-refractivity contribution in [3.63, 3.8) is 0 Å². The highest BCUT2D eigenvalue weighted by Gasteiger charge is 2.54. The molecule has 0 spiro atoms. The first kappa shape index (κ1) is 19.0. The van der Waals surface area contributed by atoms with Gasteiger partial charge in [0.25, 0.3) is 0 Å². The van der Waals surface area contributed by atoms with Gasteiger partial charge in [0.15, 0.2) is 0 Å². The summed E-state index contributed by atoms with van der Waals surface area (Å²) in [7, 11) is 4.10. The van der Waals surface area contributed by atoms with Crippen LogP contribution in [-0.4, -0.2) is 33.3 Å². The minimum atomic E-state index is -0.219. The molecule has 0 saturated carbocycles. The lowest BCUT2D eigenvalue weighted by molar-refractivity contribution is -0.180. The van der Waals surface area contributed by atoms with Crippen molar-refractivity contribution < 1.29 is 14.3 Å². The third-order valence-corrected chi connectivity index (χ3v) is 6.53. The van der Waals surface area contributed by atoms with Crippen LogP contribution in [0.4, 0.5) is 5.69 Å². The Labute approximate surface area is 157 Å². The van der Waals surface area contributed by atoms with Crippen LogP contribution in [0.3, 0.4) is 0 Å². The van der Waals surface area contributed by atoms with E-state index >= 15 is 0 Å². The summed E-state index contributed by atoms with van der Waals surface area (Å²) < 4.78 is 11.9. The van der Waals surface area contributed by atoms with Crippen LogP contribution in [-0.2, 0) is 14.3 Å². The average Bonchev–Trinajstić information content (AvgIpc) is 2.59. The maximum absolute atomic E-state index is 11.4. The molecule has 1 aliphatic carbocycles. The second kappa shape index (κ2) is 7.07. The van der Waals surface area contributed by atoms with Gasteiger partial charge in [-0.3, -0.25) is 4.79 Å². The van der Waals surface area contributed by atoms with Crippen molar-refractivity contribution in [3.05, 3.63) is 41.5 Å². The fourth-order valence-electron chi connectivity index (χ4n) is 4.76. The Hall–Kier alpha value is -1.81. The van der Waals surface area contributed by atoms with E-state index < -0.39 is 0 Å². The van der Waals surface area contributed by atoms with Gasteiger partial charge in [0.05, 0.1) is 19.3 Å². The minimum absolute atomic E-state index is 0.0513. The molecule has 2 aliphatic rings. The van der Waals surface area contributed by atoms with E-state index in [0.29, 0.717) is 31.0 Å². The number of hydrogen-bond acceptors (Lipinski definition) is 4. The summed E-state index contributed by atoms with van der Waals surface area (Å²) in [5, 5.41) is 0. The molecule has 1 saturated heterocycles. The maximum Gasteiger partial charge on any atom is 0.302 e. The van der Waals surface area contributed by atoms with Gasteiger partial charge >= 0.3 is 5.97 Å². The van der Waals surface area contributed by atoms with Crippen LogP contribution in [0.1, 0.15) is 39.4 Å². The molecule has 26 heavy (non-hydrogen) atoms. The molecule has 142 valence electrons. The van der Waals surface area contributed by atoms with Crippen LogP contribution < -0.4 is 4.90 Å². The minimum Gasteiger partial charge on any atom is -0.465 e. The normalized spacial score (nSPS) is 33.4. The molecule has 3 unspecified atom stereocenters. The van der Waals surface area contributed by atoms with Gasteiger partial charge in [-0.25, -0.2) is 0 Å². The van der Waals surface area contributed by atoms with E-state index in [1.54, 1.807) is 0 Å². The summed E-state index contributed by atoms with van der Waals surface area (Å²) in [6.07, 6.45) is 2.41. The zero-order chi connectivity index (χ0) is 19.1. The maximum atomic E-state index is 11.4. The number of rotatable bonds is 4. The predicted molar refractivity (Wildman–Crippen MR) is 104 cm³/mol. The van der Waals surface area contributed by atoms with Gasteiger partial charge < -0.3 is 14.4 Å². The molecule has 0 radical (unpaired) electrons. The molecule has 4 nitrogen and oxygen atoms in total. The molecule has 0 aromatic heterocycles. The molecular weight excluding hydrogens is 326 g/mol. The summed E-state index contributed by atoms with van der Waals surface area (Å²) in [4.78, 5) is 13.5. The first-order chi connectivity index (χ1) is 12.3. The summed E-state index contributed by atoms with van der Waals surface area (Å²) in [6, 6.07) is 8.65. The number of carbonyl (C=O) groups is 1. The number of nitrogens with zero attached hydrogens (tertiary/aromatic N) is 1. The highest BCUT2D eigenvalue weighted by Crippen LogP contribution is 2.56. The lowest BCUT2D eigenvalue weighted by Gasteiger charge is -2.55. The summed E-state index contributed by atoms with van der Waals surface area (Å²) in [6.45, 7) is 9.25. The monoisotopic (exact) mass is 357 g/mol. The number of hydrogen-bond donors (Lipinski definition) is 0. The molecule has 0 N–H and O–H groups in total. The summed E-state index contributed by atoms with van der Waals surface area (Å²) in [5.41, 5.74) is 3.64. The van der Waals surface area contributed by atoms with Crippen LogP contribution >= 0.6 is 0 Å². The zero-order valence-electron chi connectivity index (χ0n) is 16.8. The number of benzene rings is 1. The van der Waals surface area contributed by atoms with Crippen molar-refractivity contribution in [3.8, 4) is 0 Å². The van der Waals surface area contributed by atoms with E-state index in [-0.39, 0.29) is 17.5 Å². The van der Waals surface area contributed by atoms with Crippen LogP contribution in [0, 0.1) is 23.2 Å². The Balaban J connectivity index is 1.91. The van der Waals surface area contributed by atoms with Crippen molar-refractivity contribution in [1.29, 1.82) is 0 Å². The predicted octanol–water partition coefficient (Wildman–Crippen LogP) is 4.22. The van der Waals surface area contributed by atoms with Gasteiger partial charge in [-0.1, -0.05) is 37.6 Å². The molecule has 4 heteroatoms. The smallest absolute Gasteiger partial charge is 0.302 e. The molecule has 1 aromatic rings. The number of ether oxygens (including phenoxy) is 2. The molecular formula is C22H31NO3. The second-order valence-electron chi connectivity index (χ2n) is 8.24. The molecule has 1 aliphatic heterocycles. The molecule has 1 aromatic carbocycles. The van der Waals surface area contributed by atoms with E-state index in [1.165, 1.54) is 23.7 Å². The Kier molecular flexibility index (Phi) is 5.16. The van der Waals surface area contributed by atoms with Crippen molar-refractivity contribution >= 4 is 11.7 Å². The lowest BCUT2D eigenvalue weighted by atomic mass is 9.56. The fraction of sp³-hybridized carbons (Fsp3) is 0.591. The third kappa shape index (κ3) is 3.16. The number of fused-ring (bicyclic) bond motifs is 2. The number of carbonyl (C=O) groups excluding carboxylic acids is 1. The quantitative estimate of drug-likeness (QED) is 0.597. The van der Waals surface area contributed by atoms with Crippen molar-refractivity contribution in [1.82, 2.24) is 0 Å². The molecule has 3 rings (SSSR count). The van der Waals surface area contributed by atoms with E-state index in [1.807, 2.05) is 14.1 Å². The van der Waals surface area contributed by atoms with Gasteiger partial charge in [0.1, 0.15) is 0 Å². The topological polar surface area (TPSA) is 38.8 Å². The third-order valence-electron chi connectivity index (χ3n) is 6.53. The van der Waals surface area contributed by atoms with E-state index in [4.69, 9.17) is 9.47 Å². The van der Waals surface area contributed by atoms with Crippen LogP contribution in [0.2, 0.25) is 0 Å². The highest BCUT2D eigenvalue weighted by molar-refractivity contribution is 5.66. The molecule has 1 heterocycles. The fourth-order valence-corrected chi connectivity index (χ4v) is 4.76. The second-order valence-corrected chi connectivity index (χ2v) is 8.24. The van der Waals surface area contributed by atoms with E-state index in [0.717, 1.165) is 0 Å². The van der Waals surface area contributed by atoms with Gasteiger partial charge in [0.2, 0.25) is 0 Å². The van der Waals surface area contributed by atoms with Crippen LogP contribution in [0.5, 0.6) is 0 Å². The van der Waals surface area contributed by atoms with Crippen molar-refractivity contribution in [2.75, 3.05) is 32.2 Å². The van der Waals surface area contributed by atoms with Crippen molar-refractivity contribution in [2.45, 2.75) is 33.8 Å². The Morgan fingerprint density at radius 2 is 1.92 bits per heavy atom. The van der Waals surface area contributed by atoms with Crippen molar-refractivity contribution in [2.24, 2.45) is 23.2 Å². The van der Waals surface area contributed by atoms with Gasteiger partial charge in [0, 0.05) is 38.0 Å². The SMILES string of the molecule is CC(=O)OC[C@@]12COC(c3ccc(N(C)C)cc3)[C@@H](C(C)=CC1C)C2C. The zero-order valence-corrected chi connectivity index (χ0v) is 16.8. The van der Waals surface area contributed by atoms with Crippen LogP contribution in [0.15, 0.2) is 35.9 Å². The molecule has 0 amide bonds. The lowest BCUT2D eigenvalue weighted by Crippen LogP contribution is -2.54. The standard InChI is InChI=1S/C22H31NO3/c1-14-11-15(2)22(12-25-17(4)24)13-26-21(20(14)16(22)3)18-7-9-19(10-8-18)23(5)6/h7-11,15-16,20-21H,12-13H2,1-6H3/t15?,16?,20-,21?,22+/m0/s1. The molecule has 5 atom stereocenters. The van der Waals surface area contributed by atoms with E-state index in [9.17, 15) is 4.79 Å². The average molecular weight is 357 g/mol. The van der Waals surface area contributed by atoms with E-state index in [2.05, 4.69) is 56.0 Å². The number of esters is 1. The summed E-state index contributed by atoms with van der Waals surface area (Å²) in [5.74, 6) is 0.794.